The third-order valence-corrected chi connectivity index (χ3v) is 25.6. The molecule has 6 fully saturated rings. The fourth-order valence-corrected chi connectivity index (χ4v) is 21.0. The van der Waals surface area contributed by atoms with Gasteiger partial charge < -0.3 is 9.47 Å². The normalized spacial score (nSPS) is 36.8. The average molecular weight is 1080 g/mol. The summed E-state index contributed by atoms with van der Waals surface area (Å²) in [5, 5.41) is 0. The number of ether oxygens (including phenoxy) is 2. The summed E-state index contributed by atoms with van der Waals surface area (Å²) >= 11 is 0. The van der Waals surface area contributed by atoms with Crippen LogP contribution in [0.3, 0.4) is 0 Å². The topological polar surface area (TPSA) is 52.6 Å². The number of allylic oxidation sites excluding steroid dienone is 2. The van der Waals surface area contributed by atoms with Gasteiger partial charge in [0.25, 0.3) is 0 Å². The van der Waals surface area contributed by atoms with Gasteiger partial charge in [-0.05, 0) is 195 Å². The Bertz CT molecular complexity index is 1790. The van der Waals surface area contributed by atoms with Crippen LogP contribution >= 0.6 is 0 Å². The van der Waals surface area contributed by atoms with E-state index in [0.29, 0.717) is 34.5 Å². The SMILES string of the molecule is CC(C)CCC[C@@H](C)[C@H]1CC[C@H]2[C@@H]3CC=C4C[C@@H](OC(=O)CCCCCCCCCCCCCCCCCCC(=O)O[C@H]5CC[C@@]6(C)C(=CC[C@H]7[C@@H]8CC[C@H]([C@H](C)CCCC(C)C)[C@@]8(C)CC[C@@H]76)C5)CC[C@]4(C)[C@H]3CC[C@]12C. The van der Waals surface area contributed by atoms with E-state index in [2.05, 4.69) is 81.4 Å². The lowest BCUT2D eigenvalue weighted by Crippen LogP contribution is -2.51. The van der Waals surface area contributed by atoms with Gasteiger partial charge >= 0.3 is 11.9 Å². The van der Waals surface area contributed by atoms with Gasteiger partial charge in [0, 0.05) is 25.7 Å². The zero-order valence-corrected chi connectivity index (χ0v) is 53.2. The molecule has 8 aliphatic rings. The lowest BCUT2D eigenvalue weighted by atomic mass is 9.47. The Hall–Kier alpha value is -1.58. The van der Waals surface area contributed by atoms with Crippen molar-refractivity contribution in [2.75, 3.05) is 0 Å². The molecule has 0 aromatic heterocycles. The minimum absolute atomic E-state index is 0.0555. The average Bonchev–Trinajstić information content (AvgIpc) is 4.10. The van der Waals surface area contributed by atoms with E-state index < -0.39 is 0 Å². The fourth-order valence-electron chi connectivity index (χ4n) is 21.0. The van der Waals surface area contributed by atoms with E-state index in [9.17, 15) is 9.59 Å². The number of carbonyl (C=O) groups excluding carboxylic acids is 2. The molecular weight excluding hydrogens is 953 g/mol. The predicted molar refractivity (Wildman–Crippen MR) is 329 cm³/mol. The Morgan fingerprint density at radius 2 is 0.769 bits per heavy atom. The summed E-state index contributed by atoms with van der Waals surface area (Å²) in [5.74, 6) is 10.5. The van der Waals surface area contributed by atoms with Crippen LogP contribution in [0.25, 0.3) is 0 Å². The van der Waals surface area contributed by atoms with Crippen LogP contribution in [-0.2, 0) is 19.1 Å². The molecule has 446 valence electrons. The van der Waals surface area contributed by atoms with Gasteiger partial charge in [-0.3, -0.25) is 9.59 Å². The highest BCUT2D eigenvalue weighted by molar-refractivity contribution is 5.70. The van der Waals surface area contributed by atoms with E-state index >= 15 is 0 Å². The van der Waals surface area contributed by atoms with Gasteiger partial charge in [-0.25, -0.2) is 0 Å². The van der Waals surface area contributed by atoms with Gasteiger partial charge in [0.05, 0.1) is 0 Å². The third kappa shape index (κ3) is 15.0. The second kappa shape index (κ2) is 28.8. The van der Waals surface area contributed by atoms with Gasteiger partial charge in [-0.2, -0.15) is 0 Å². The Morgan fingerprint density at radius 1 is 0.423 bits per heavy atom. The molecule has 0 aromatic carbocycles. The van der Waals surface area contributed by atoms with Gasteiger partial charge in [0.1, 0.15) is 12.2 Å². The Kier molecular flexibility index (Phi) is 23.1. The van der Waals surface area contributed by atoms with Crippen LogP contribution in [0.5, 0.6) is 0 Å². The molecule has 16 atom stereocenters. The van der Waals surface area contributed by atoms with Crippen LogP contribution in [0.1, 0.15) is 326 Å². The zero-order chi connectivity index (χ0) is 55.5. The molecule has 4 heteroatoms. The molecule has 4 nitrogen and oxygen atoms in total. The highest BCUT2D eigenvalue weighted by Crippen LogP contribution is 2.69. The number of esters is 2. The molecule has 0 aromatic rings. The minimum Gasteiger partial charge on any atom is -0.462 e. The number of hydrogen-bond acceptors (Lipinski definition) is 4. The van der Waals surface area contributed by atoms with Crippen LogP contribution in [0.15, 0.2) is 23.3 Å². The van der Waals surface area contributed by atoms with Crippen LogP contribution in [0.2, 0.25) is 0 Å². The summed E-state index contributed by atoms with van der Waals surface area (Å²) in [5.41, 5.74) is 5.00. The first kappa shape index (κ1) is 62.5. The first-order chi connectivity index (χ1) is 37.5. The van der Waals surface area contributed by atoms with Crippen molar-refractivity contribution in [3.8, 4) is 0 Å². The second-order valence-corrected chi connectivity index (χ2v) is 31.4. The van der Waals surface area contributed by atoms with E-state index in [1.165, 1.54) is 193 Å². The Morgan fingerprint density at radius 3 is 1.12 bits per heavy atom. The van der Waals surface area contributed by atoms with Crippen molar-refractivity contribution in [1.82, 2.24) is 0 Å². The van der Waals surface area contributed by atoms with Crippen LogP contribution < -0.4 is 0 Å². The van der Waals surface area contributed by atoms with Gasteiger partial charge in [-0.15, -0.1) is 0 Å². The molecule has 6 saturated carbocycles. The lowest BCUT2D eigenvalue weighted by molar-refractivity contribution is -0.152. The second-order valence-electron chi connectivity index (χ2n) is 31.4. The molecule has 0 spiro atoms. The molecule has 0 radical (unpaired) electrons. The van der Waals surface area contributed by atoms with Gasteiger partial charge in [0.2, 0.25) is 0 Å². The number of unbranched alkanes of at least 4 members (excludes halogenated alkanes) is 15. The van der Waals surface area contributed by atoms with Crippen molar-refractivity contribution in [2.24, 2.45) is 92.7 Å². The lowest BCUT2D eigenvalue weighted by Gasteiger charge is -2.58. The van der Waals surface area contributed by atoms with Gasteiger partial charge in [0.15, 0.2) is 0 Å². The molecule has 0 saturated heterocycles. The van der Waals surface area contributed by atoms with E-state index in [1.807, 2.05) is 0 Å². The molecular formula is C74H126O4. The maximum absolute atomic E-state index is 13.0. The van der Waals surface area contributed by atoms with Crippen molar-refractivity contribution in [3.63, 3.8) is 0 Å². The summed E-state index contributed by atoms with van der Waals surface area (Å²) in [4.78, 5) is 26.1. The maximum Gasteiger partial charge on any atom is 0.306 e. The molecule has 8 aliphatic carbocycles. The van der Waals surface area contributed by atoms with E-state index in [-0.39, 0.29) is 24.1 Å². The highest BCUT2D eigenvalue weighted by atomic mass is 16.5. The molecule has 0 amide bonds. The smallest absolute Gasteiger partial charge is 0.306 e. The molecule has 78 heavy (non-hydrogen) atoms. The summed E-state index contributed by atoms with van der Waals surface area (Å²) in [7, 11) is 0. The highest BCUT2D eigenvalue weighted by Gasteiger charge is 2.61. The molecule has 0 N–H and O–H groups in total. The van der Waals surface area contributed by atoms with E-state index in [0.717, 1.165) is 122 Å². The van der Waals surface area contributed by atoms with E-state index in [1.54, 1.807) is 11.1 Å². The zero-order valence-electron chi connectivity index (χ0n) is 53.2. The third-order valence-electron chi connectivity index (χ3n) is 25.6. The molecule has 0 bridgehead atoms. The summed E-state index contributed by atoms with van der Waals surface area (Å²) in [6.45, 7) is 25.4. The molecule has 0 heterocycles. The largest absolute Gasteiger partial charge is 0.462 e. The molecule has 0 aliphatic heterocycles. The van der Waals surface area contributed by atoms with Crippen LogP contribution in [0.4, 0.5) is 0 Å². The Labute approximate surface area is 483 Å². The van der Waals surface area contributed by atoms with Crippen molar-refractivity contribution in [3.05, 3.63) is 23.3 Å². The monoisotopic (exact) mass is 1080 g/mol. The fraction of sp³-hybridized carbons (Fsp3) is 0.919. The van der Waals surface area contributed by atoms with Crippen molar-refractivity contribution in [1.29, 1.82) is 0 Å². The van der Waals surface area contributed by atoms with Crippen LogP contribution in [0, 0.1) is 92.7 Å². The minimum atomic E-state index is 0.0555. The standard InChI is InChI=1S/C74H126O4/c1-53(2)29-27-31-55(5)63-39-41-65-61-37-35-57-51-59(43-47-71(57,7)67(61)45-49-73(63,65)9)77-69(75)33-25-23-21-19-17-15-13-11-12-14-16-18-20-22-24-26-34-70(76)78-60-44-48-72(8)58(52-60)36-38-62-66-42-40-64(56(6)32-28-30-54(3)4)74(66,10)50-46-68(62)72/h35-36,53-56,59-68H,11-34,37-52H2,1-10H3/t55-,56-,59+,60+,61+,62+,63-,64-,65+,66+,67+,68+,71+,72+,73-,74-/m1/s1. The molecule has 8 rings (SSSR count). The number of carbonyl (C=O) groups is 2. The Balaban J connectivity index is 0.591. The summed E-state index contributed by atoms with van der Waals surface area (Å²) in [6.07, 6.45) is 56.0. The maximum atomic E-state index is 13.0. The summed E-state index contributed by atoms with van der Waals surface area (Å²) < 4.78 is 12.4. The summed E-state index contributed by atoms with van der Waals surface area (Å²) in [6, 6.07) is 0. The number of fused-ring (bicyclic) bond motifs is 10. The van der Waals surface area contributed by atoms with E-state index in [4.69, 9.17) is 9.47 Å². The molecule has 0 unspecified atom stereocenters. The van der Waals surface area contributed by atoms with Crippen molar-refractivity contribution >= 4 is 11.9 Å². The number of hydrogen-bond donors (Lipinski definition) is 0. The van der Waals surface area contributed by atoms with Gasteiger partial charge in [-0.1, -0.05) is 221 Å². The predicted octanol–water partition coefficient (Wildman–Crippen LogP) is 21.9. The quantitative estimate of drug-likeness (QED) is 0.0394. The van der Waals surface area contributed by atoms with Crippen LogP contribution in [-0.4, -0.2) is 24.1 Å². The van der Waals surface area contributed by atoms with Crippen molar-refractivity contribution < 1.29 is 19.1 Å². The number of rotatable bonds is 31. The first-order valence-corrected chi connectivity index (χ1v) is 35.2. The first-order valence-electron chi connectivity index (χ1n) is 35.2. The van der Waals surface area contributed by atoms with Crippen molar-refractivity contribution in [2.45, 2.75) is 338 Å².